The lowest BCUT2D eigenvalue weighted by Crippen LogP contribution is -2.05. The van der Waals surface area contributed by atoms with Crippen molar-refractivity contribution in [1.29, 1.82) is 0 Å². The first kappa shape index (κ1) is 4.89. The van der Waals surface area contributed by atoms with E-state index in [4.69, 9.17) is 5.11 Å². The first-order chi connectivity index (χ1) is 3.83. The van der Waals surface area contributed by atoms with E-state index >= 15 is 0 Å². The second kappa shape index (κ2) is 1.69. The van der Waals surface area contributed by atoms with Crippen LogP contribution in [0.15, 0.2) is 6.20 Å². The van der Waals surface area contributed by atoms with Crippen LogP contribution in [0.4, 0.5) is 0 Å². The van der Waals surface area contributed by atoms with Crippen molar-refractivity contribution in [1.82, 2.24) is 15.2 Å². The molecular weight excluding hydrogens is 110 g/mol. The Morgan fingerprint density at radius 1 is 1.88 bits per heavy atom. The summed E-state index contributed by atoms with van der Waals surface area (Å²) in [6.07, 6.45) is 1.25. The van der Waals surface area contributed by atoms with E-state index in [1.54, 1.807) is 0 Å². The standard InChI is InChI=1S/C3H5N3O2/c1-8-6-2-3(7)4-5-6/h2,7H,1H3. The lowest BCUT2D eigenvalue weighted by atomic mass is 10.9. The first-order valence-corrected chi connectivity index (χ1v) is 1.98. The Bertz CT molecular complexity index is 173. The van der Waals surface area contributed by atoms with Crippen LogP contribution in [0.5, 0.6) is 5.88 Å². The SMILES string of the molecule is COn1cc(O)nn1. The van der Waals surface area contributed by atoms with Crippen LogP contribution in [0.2, 0.25) is 0 Å². The number of aromatic hydroxyl groups is 1. The Morgan fingerprint density at radius 2 is 2.62 bits per heavy atom. The summed E-state index contributed by atoms with van der Waals surface area (Å²) in [5.41, 5.74) is 0. The molecule has 0 aliphatic rings. The van der Waals surface area contributed by atoms with Crippen LogP contribution in [0, 0.1) is 0 Å². The van der Waals surface area contributed by atoms with E-state index in [0.29, 0.717) is 0 Å². The van der Waals surface area contributed by atoms with E-state index in [1.165, 1.54) is 13.3 Å². The summed E-state index contributed by atoms with van der Waals surface area (Å²) in [6.45, 7) is 0. The summed E-state index contributed by atoms with van der Waals surface area (Å²) >= 11 is 0. The minimum absolute atomic E-state index is 0.146. The third-order valence-electron chi connectivity index (χ3n) is 0.648. The highest BCUT2D eigenvalue weighted by Crippen LogP contribution is 1.95. The molecule has 0 aliphatic carbocycles. The highest BCUT2D eigenvalue weighted by molar-refractivity contribution is 4.93. The monoisotopic (exact) mass is 115 g/mol. The van der Waals surface area contributed by atoms with E-state index in [9.17, 15) is 0 Å². The summed E-state index contributed by atoms with van der Waals surface area (Å²) in [5, 5.41) is 15.1. The quantitative estimate of drug-likeness (QED) is 0.512. The van der Waals surface area contributed by atoms with Gasteiger partial charge in [-0.2, -0.15) is 0 Å². The minimum atomic E-state index is -0.146. The Labute approximate surface area is 45.5 Å². The first-order valence-electron chi connectivity index (χ1n) is 1.98. The molecule has 1 N–H and O–H groups in total. The van der Waals surface area contributed by atoms with Gasteiger partial charge in [-0.1, -0.05) is 9.94 Å². The molecule has 1 heterocycles. The average molecular weight is 115 g/mol. The molecule has 0 aromatic carbocycles. The van der Waals surface area contributed by atoms with Gasteiger partial charge in [-0.25, -0.2) is 0 Å². The normalized spacial score (nSPS) is 9.12. The molecule has 0 atom stereocenters. The van der Waals surface area contributed by atoms with Gasteiger partial charge in [0.15, 0.2) is 0 Å². The van der Waals surface area contributed by atoms with Gasteiger partial charge in [-0.05, 0) is 5.21 Å². The van der Waals surface area contributed by atoms with Gasteiger partial charge in [-0.15, -0.1) is 0 Å². The fourth-order valence-corrected chi connectivity index (χ4v) is 0.330. The van der Waals surface area contributed by atoms with Gasteiger partial charge in [0.25, 0.3) is 5.88 Å². The number of nitrogens with zero attached hydrogens (tertiary/aromatic N) is 3. The highest BCUT2D eigenvalue weighted by Gasteiger charge is 1.92. The Balaban J connectivity index is 2.84. The second-order valence-electron chi connectivity index (χ2n) is 1.16. The molecule has 0 saturated carbocycles. The maximum Gasteiger partial charge on any atom is 0.254 e. The van der Waals surface area contributed by atoms with Crippen LogP contribution in [0.25, 0.3) is 0 Å². The van der Waals surface area contributed by atoms with Crippen LogP contribution >= 0.6 is 0 Å². The van der Waals surface area contributed by atoms with E-state index in [2.05, 4.69) is 15.1 Å². The van der Waals surface area contributed by atoms with Gasteiger partial charge in [0.2, 0.25) is 0 Å². The molecule has 0 radical (unpaired) electrons. The largest absolute Gasteiger partial charge is 0.491 e. The van der Waals surface area contributed by atoms with E-state index < -0.39 is 0 Å². The number of hydrogen-bond acceptors (Lipinski definition) is 4. The predicted molar refractivity (Wildman–Crippen MR) is 24.2 cm³/mol. The van der Waals surface area contributed by atoms with Gasteiger partial charge in [0.1, 0.15) is 13.3 Å². The molecule has 0 bridgehead atoms. The van der Waals surface area contributed by atoms with Crippen molar-refractivity contribution in [2.45, 2.75) is 0 Å². The third-order valence-corrected chi connectivity index (χ3v) is 0.648. The summed E-state index contributed by atoms with van der Waals surface area (Å²) in [6, 6.07) is 0. The summed E-state index contributed by atoms with van der Waals surface area (Å²) in [4.78, 5) is 5.57. The molecule has 0 spiro atoms. The zero-order valence-electron chi connectivity index (χ0n) is 4.27. The van der Waals surface area contributed by atoms with Crippen LogP contribution in [-0.2, 0) is 0 Å². The van der Waals surface area contributed by atoms with Gasteiger partial charge < -0.3 is 9.94 Å². The highest BCUT2D eigenvalue weighted by atomic mass is 16.7. The fourth-order valence-electron chi connectivity index (χ4n) is 0.330. The minimum Gasteiger partial charge on any atom is -0.491 e. The zero-order valence-corrected chi connectivity index (χ0v) is 4.27. The van der Waals surface area contributed by atoms with Crippen LogP contribution in [0.1, 0.15) is 0 Å². The molecule has 5 nitrogen and oxygen atoms in total. The van der Waals surface area contributed by atoms with Crippen LogP contribution < -0.4 is 4.84 Å². The Morgan fingerprint density at radius 3 is 2.88 bits per heavy atom. The van der Waals surface area contributed by atoms with Crippen molar-refractivity contribution in [3.8, 4) is 5.88 Å². The van der Waals surface area contributed by atoms with E-state index in [-0.39, 0.29) is 5.88 Å². The molecule has 44 valence electrons. The van der Waals surface area contributed by atoms with Crippen LogP contribution in [0.3, 0.4) is 0 Å². The third kappa shape index (κ3) is 0.699. The van der Waals surface area contributed by atoms with E-state index in [0.717, 1.165) is 4.85 Å². The topological polar surface area (TPSA) is 60.2 Å². The van der Waals surface area contributed by atoms with Gasteiger partial charge >= 0.3 is 0 Å². The molecule has 0 aliphatic heterocycles. The summed E-state index contributed by atoms with van der Waals surface area (Å²) < 4.78 is 0. The maximum absolute atomic E-state index is 8.51. The van der Waals surface area contributed by atoms with Crippen molar-refractivity contribution in [2.75, 3.05) is 7.11 Å². The molecule has 0 fully saturated rings. The fraction of sp³-hybridized carbons (Fsp3) is 0.333. The second-order valence-corrected chi connectivity index (χ2v) is 1.16. The predicted octanol–water partition coefficient (Wildman–Crippen LogP) is -0.958. The van der Waals surface area contributed by atoms with Crippen molar-refractivity contribution >= 4 is 0 Å². The lowest BCUT2D eigenvalue weighted by Gasteiger charge is -1.89. The lowest BCUT2D eigenvalue weighted by molar-refractivity contribution is 0.128. The molecule has 8 heavy (non-hydrogen) atoms. The average Bonchev–Trinajstić information content (AvgIpc) is 2.14. The van der Waals surface area contributed by atoms with Crippen molar-refractivity contribution < 1.29 is 9.94 Å². The van der Waals surface area contributed by atoms with Crippen LogP contribution in [-0.4, -0.2) is 27.4 Å². The molecule has 0 saturated heterocycles. The molecule has 1 aromatic rings. The van der Waals surface area contributed by atoms with Crippen molar-refractivity contribution in [2.24, 2.45) is 0 Å². The zero-order chi connectivity index (χ0) is 5.98. The number of aromatic nitrogens is 3. The van der Waals surface area contributed by atoms with Gasteiger partial charge in [0.05, 0.1) is 0 Å². The van der Waals surface area contributed by atoms with E-state index in [1.807, 2.05) is 0 Å². The molecule has 0 amide bonds. The Kier molecular flexibility index (Phi) is 1.03. The number of rotatable bonds is 1. The van der Waals surface area contributed by atoms with Crippen molar-refractivity contribution in [3.63, 3.8) is 0 Å². The molecule has 1 aromatic heterocycles. The van der Waals surface area contributed by atoms with Gasteiger partial charge in [-0.3, -0.25) is 0 Å². The Hall–Kier alpha value is -1.26. The molecule has 0 unspecified atom stereocenters. The smallest absolute Gasteiger partial charge is 0.254 e. The van der Waals surface area contributed by atoms with Gasteiger partial charge in [0, 0.05) is 0 Å². The molecule has 1 rings (SSSR count). The molecular formula is C3H5N3O2. The summed E-state index contributed by atoms with van der Waals surface area (Å²) in [5.74, 6) is -0.146. The molecule has 5 heteroatoms. The summed E-state index contributed by atoms with van der Waals surface area (Å²) in [7, 11) is 1.42. The number of hydrogen-bond donors (Lipinski definition) is 1. The maximum atomic E-state index is 8.51. The van der Waals surface area contributed by atoms with Crippen molar-refractivity contribution in [3.05, 3.63) is 6.20 Å².